The second-order valence-electron chi connectivity index (χ2n) is 6.56. The molecule has 1 aliphatic carbocycles. The number of aliphatic carboxylic acids is 1. The van der Waals surface area contributed by atoms with Gasteiger partial charge in [0.05, 0.1) is 6.42 Å². The van der Waals surface area contributed by atoms with E-state index in [9.17, 15) is 9.59 Å². The molecule has 2 fully saturated rings. The van der Waals surface area contributed by atoms with E-state index in [-0.39, 0.29) is 23.7 Å². The Hall–Kier alpha value is -1.10. The molecule has 1 aliphatic heterocycles. The van der Waals surface area contributed by atoms with Gasteiger partial charge in [-0.2, -0.15) is 0 Å². The molecule has 20 heavy (non-hydrogen) atoms. The van der Waals surface area contributed by atoms with Gasteiger partial charge in [0.15, 0.2) is 0 Å². The number of hydrogen-bond acceptors (Lipinski definition) is 3. The number of carboxylic acids is 1. The van der Waals surface area contributed by atoms with Crippen LogP contribution in [0.4, 0.5) is 0 Å². The first-order valence-corrected chi connectivity index (χ1v) is 7.73. The summed E-state index contributed by atoms with van der Waals surface area (Å²) in [5.74, 6) is -0.234. The molecule has 5 nitrogen and oxygen atoms in total. The number of carbonyl (C=O) groups excluding carboxylic acids is 1. The van der Waals surface area contributed by atoms with E-state index in [1.807, 2.05) is 6.92 Å². The topological polar surface area (TPSA) is 78.4 Å². The van der Waals surface area contributed by atoms with Crippen LogP contribution in [-0.4, -0.2) is 36.6 Å². The van der Waals surface area contributed by atoms with Crippen molar-refractivity contribution in [3.05, 3.63) is 0 Å². The monoisotopic (exact) mass is 282 g/mol. The van der Waals surface area contributed by atoms with Crippen LogP contribution in [0.25, 0.3) is 0 Å². The Kier molecular flexibility index (Phi) is 5.02. The van der Waals surface area contributed by atoms with E-state index in [4.69, 9.17) is 5.11 Å². The summed E-state index contributed by atoms with van der Waals surface area (Å²) in [6, 6.07) is 0. The summed E-state index contributed by atoms with van der Waals surface area (Å²) in [4.78, 5) is 23.3. The first-order valence-electron chi connectivity index (χ1n) is 7.73. The molecule has 1 unspecified atom stereocenters. The predicted octanol–water partition coefficient (Wildman–Crippen LogP) is 1.38. The van der Waals surface area contributed by atoms with Crippen molar-refractivity contribution in [2.45, 2.75) is 45.4 Å². The lowest BCUT2D eigenvalue weighted by atomic mass is 9.71. The van der Waals surface area contributed by atoms with Crippen LogP contribution in [0.3, 0.4) is 0 Å². The van der Waals surface area contributed by atoms with Crippen LogP contribution >= 0.6 is 0 Å². The molecule has 0 bridgehead atoms. The molecule has 5 heteroatoms. The van der Waals surface area contributed by atoms with Gasteiger partial charge < -0.3 is 15.7 Å². The highest BCUT2D eigenvalue weighted by Crippen LogP contribution is 2.38. The molecule has 2 aliphatic rings. The standard InChI is InChI=1S/C15H26N2O3/c1-11(12-8-16-9-12)14(20)17-10-15(7-13(18)19)5-3-2-4-6-15/h11-12,16H,2-10H2,1H3,(H,17,20)(H,18,19). The van der Waals surface area contributed by atoms with E-state index in [1.54, 1.807) is 0 Å². The lowest BCUT2D eigenvalue weighted by molar-refractivity contribution is -0.141. The highest BCUT2D eigenvalue weighted by atomic mass is 16.4. The van der Waals surface area contributed by atoms with Gasteiger partial charge in [0.1, 0.15) is 0 Å². The Morgan fingerprint density at radius 2 is 1.95 bits per heavy atom. The van der Waals surface area contributed by atoms with Crippen molar-refractivity contribution in [2.24, 2.45) is 17.3 Å². The van der Waals surface area contributed by atoms with Gasteiger partial charge >= 0.3 is 5.97 Å². The molecule has 1 heterocycles. The van der Waals surface area contributed by atoms with Gasteiger partial charge in [-0.1, -0.05) is 26.2 Å². The van der Waals surface area contributed by atoms with Crippen LogP contribution < -0.4 is 10.6 Å². The molecular formula is C15H26N2O3. The molecule has 0 spiro atoms. The van der Waals surface area contributed by atoms with E-state index in [0.29, 0.717) is 12.5 Å². The van der Waals surface area contributed by atoms with Crippen molar-refractivity contribution in [3.8, 4) is 0 Å². The van der Waals surface area contributed by atoms with Crippen molar-refractivity contribution in [1.82, 2.24) is 10.6 Å². The van der Waals surface area contributed by atoms with E-state index in [2.05, 4.69) is 10.6 Å². The minimum atomic E-state index is -0.752. The fraction of sp³-hybridized carbons (Fsp3) is 0.867. The molecule has 3 N–H and O–H groups in total. The number of rotatable bonds is 6. The van der Waals surface area contributed by atoms with E-state index < -0.39 is 5.97 Å². The number of carboxylic acid groups (broad SMARTS) is 1. The third kappa shape index (κ3) is 3.72. The molecule has 1 saturated carbocycles. The molecule has 2 rings (SSSR count). The first kappa shape index (κ1) is 15.3. The molecular weight excluding hydrogens is 256 g/mol. The number of nitrogens with one attached hydrogen (secondary N) is 2. The maximum absolute atomic E-state index is 12.2. The van der Waals surface area contributed by atoms with Crippen molar-refractivity contribution in [1.29, 1.82) is 0 Å². The van der Waals surface area contributed by atoms with Gasteiger partial charge in [-0.3, -0.25) is 9.59 Å². The Morgan fingerprint density at radius 3 is 2.45 bits per heavy atom. The quantitative estimate of drug-likeness (QED) is 0.688. The van der Waals surface area contributed by atoms with Crippen molar-refractivity contribution < 1.29 is 14.7 Å². The molecule has 114 valence electrons. The number of carbonyl (C=O) groups is 2. The number of hydrogen-bond donors (Lipinski definition) is 3. The van der Waals surface area contributed by atoms with Crippen LogP contribution in [-0.2, 0) is 9.59 Å². The highest BCUT2D eigenvalue weighted by molar-refractivity contribution is 5.79. The number of amides is 1. The normalized spacial score (nSPS) is 23.6. The maximum Gasteiger partial charge on any atom is 0.303 e. The van der Waals surface area contributed by atoms with Crippen LogP contribution in [0.5, 0.6) is 0 Å². The lowest BCUT2D eigenvalue weighted by Crippen LogP contribution is -2.51. The van der Waals surface area contributed by atoms with Gasteiger partial charge in [-0.15, -0.1) is 0 Å². The SMILES string of the molecule is CC(C(=O)NCC1(CC(=O)O)CCCCC1)C1CNC1. The zero-order valence-electron chi connectivity index (χ0n) is 12.3. The van der Waals surface area contributed by atoms with Crippen LogP contribution in [0.1, 0.15) is 45.4 Å². The average molecular weight is 282 g/mol. The summed E-state index contributed by atoms with van der Waals surface area (Å²) in [6.07, 6.45) is 5.33. The Morgan fingerprint density at radius 1 is 1.30 bits per heavy atom. The van der Waals surface area contributed by atoms with Crippen LogP contribution in [0.2, 0.25) is 0 Å². The average Bonchev–Trinajstić information content (AvgIpc) is 2.34. The maximum atomic E-state index is 12.2. The smallest absolute Gasteiger partial charge is 0.303 e. The predicted molar refractivity (Wildman–Crippen MR) is 76.3 cm³/mol. The second kappa shape index (κ2) is 6.57. The zero-order chi connectivity index (χ0) is 14.6. The summed E-state index contributed by atoms with van der Waals surface area (Å²) < 4.78 is 0. The fourth-order valence-electron chi connectivity index (χ4n) is 3.35. The Balaban J connectivity index is 1.87. The van der Waals surface area contributed by atoms with E-state index in [0.717, 1.165) is 38.8 Å². The highest BCUT2D eigenvalue weighted by Gasteiger charge is 2.36. The van der Waals surface area contributed by atoms with Crippen molar-refractivity contribution >= 4 is 11.9 Å². The van der Waals surface area contributed by atoms with Gasteiger partial charge in [-0.25, -0.2) is 0 Å². The minimum Gasteiger partial charge on any atom is -0.481 e. The van der Waals surface area contributed by atoms with Crippen molar-refractivity contribution in [2.75, 3.05) is 19.6 Å². The minimum absolute atomic E-state index is 0.0155. The third-order valence-corrected chi connectivity index (χ3v) is 5.01. The van der Waals surface area contributed by atoms with Gasteiger partial charge in [0, 0.05) is 12.5 Å². The molecule has 0 aromatic heterocycles. The van der Waals surface area contributed by atoms with E-state index >= 15 is 0 Å². The second-order valence-corrected chi connectivity index (χ2v) is 6.56. The van der Waals surface area contributed by atoms with Crippen LogP contribution in [0.15, 0.2) is 0 Å². The van der Waals surface area contributed by atoms with Crippen LogP contribution in [0, 0.1) is 17.3 Å². The summed E-state index contributed by atoms with van der Waals surface area (Å²) in [7, 11) is 0. The molecule has 0 aromatic rings. The van der Waals surface area contributed by atoms with Gasteiger partial charge in [0.2, 0.25) is 5.91 Å². The largest absolute Gasteiger partial charge is 0.481 e. The zero-order valence-corrected chi connectivity index (χ0v) is 12.3. The molecule has 1 atom stereocenters. The van der Waals surface area contributed by atoms with Gasteiger partial charge in [0.25, 0.3) is 0 Å². The Labute approximate surface area is 120 Å². The summed E-state index contributed by atoms with van der Waals surface area (Å²) in [5, 5.41) is 15.3. The summed E-state index contributed by atoms with van der Waals surface area (Å²) >= 11 is 0. The van der Waals surface area contributed by atoms with Crippen molar-refractivity contribution in [3.63, 3.8) is 0 Å². The molecule has 1 amide bonds. The molecule has 1 saturated heterocycles. The molecule has 0 aromatic carbocycles. The summed E-state index contributed by atoms with van der Waals surface area (Å²) in [6.45, 7) is 4.30. The molecule has 0 radical (unpaired) electrons. The summed E-state index contributed by atoms with van der Waals surface area (Å²) in [5.41, 5.74) is -0.225. The lowest BCUT2D eigenvalue weighted by Gasteiger charge is -2.37. The third-order valence-electron chi connectivity index (χ3n) is 5.01. The Bertz CT molecular complexity index is 360. The van der Waals surface area contributed by atoms with E-state index in [1.165, 1.54) is 6.42 Å². The fourth-order valence-corrected chi connectivity index (χ4v) is 3.35. The van der Waals surface area contributed by atoms with Gasteiger partial charge in [-0.05, 0) is 37.3 Å². The first-order chi connectivity index (χ1) is 9.52.